The van der Waals surface area contributed by atoms with Crippen LogP contribution < -0.4 is 10.1 Å². The average molecular weight is 290 g/mol. The number of para-hydroxylation sites is 2. The number of nitrogens with zero attached hydrogens (tertiary/aromatic N) is 1. The summed E-state index contributed by atoms with van der Waals surface area (Å²) in [5.74, 6) is -0.790. The molecule has 0 radical (unpaired) electrons. The van der Waals surface area contributed by atoms with Crippen molar-refractivity contribution in [3.05, 3.63) is 49.6 Å². The van der Waals surface area contributed by atoms with Crippen molar-refractivity contribution in [2.45, 2.75) is 0 Å². The molecule has 0 heterocycles. The number of aliphatic carboxylic acids is 1. The molecule has 1 aromatic carbocycles. The molecule has 1 aromatic rings. The van der Waals surface area contributed by atoms with Gasteiger partial charge in [0.25, 0.3) is 0 Å². The standard InChI is InChI=1S/C15H18N2O4/c1-3-9-17(10-4-2)15(20)16-12-7-5-6-8-13(12)21-11-14(18)19/h3-8H,1-2,9-11H2,(H,16,20)(H,18,19). The lowest BCUT2D eigenvalue weighted by atomic mass is 10.3. The number of benzene rings is 1. The maximum absolute atomic E-state index is 12.1. The zero-order valence-electron chi connectivity index (χ0n) is 11.6. The number of urea groups is 1. The summed E-state index contributed by atoms with van der Waals surface area (Å²) >= 11 is 0. The molecule has 0 saturated carbocycles. The highest BCUT2D eigenvalue weighted by molar-refractivity contribution is 5.91. The number of amides is 2. The van der Waals surface area contributed by atoms with E-state index in [-0.39, 0.29) is 6.03 Å². The first kappa shape index (κ1) is 16.3. The molecule has 1 rings (SSSR count). The lowest BCUT2D eigenvalue weighted by Crippen LogP contribution is -2.35. The molecule has 0 aliphatic heterocycles. The van der Waals surface area contributed by atoms with Crippen LogP contribution >= 0.6 is 0 Å². The number of carboxylic acids is 1. The smallest absolute Gasteiger partial charge is 0.341 e. The summed E-state index contributed by atoms with van der Waals surface area (Å²) in [5.41, 5.74) is 0.405. The molecule has 21 heavy (non-hydrogen) atoms. The largest absolute Gasteiger partial charge is 0.480 e. The number of carboxylic acid groups (broad SMARTS) is 1. The summed E-state index contributed by atoms with van der Waals surface area (Å²) in [6.07, 6.45) is 3.21. The molecule has 0 saturated heterocycles. The number of hydrogen-bond donors (Lipinski definition) is 2. The van der Waals surface area contributed by atoms with Gasteiger partial charge in [-0.25, -0.2) is 9.59 Å². The maximum atomic E-state index is 12.1. The third-order valence-electron chi connectivity index (χ3n) is 2.47. The van der Waals surface area contributed by atoms with Crippen molar-refractivity contribution >= 4 is 17.7 Å². The van der Waals surface area contributed by atoms with Gasteiger partial charge in [-0.2, -0.15) is 0 Å². The minimum absolute atomic E-state index is 0.297. The Bertz CT molecular complexity index is 518. The second-order valence-corrected chi connectivity index (χ2v) is 4.09. The first-order valence-electron chi connectivity index (χ1n) is 6.29. The van der Waals surface area contributed by atoms with Gasteiger partial charge in [-0.3, -0.25) is 0 Å². The van der Waals surface area contributed by atoms with E-state index < -0.39 is 12.6 Å². The van der Waals surface area contributed by atoms with Gasteiger partial charge in [0, 0.05) is 13.1 Å². The van der Waals surface area contributed by atoms with Crippen LogP contribution in [0.15, 0.2) is 49.6 Å². The van der Waals surface area contributed by atoms with Crippen LogP contribution in [-0.4, -0.2) is 41.7 Å². The second-order valence-electron chi connectivity index (χ2n) is 4.09. The molecule has 2 amide bonds. The van der Waals surface area contributed by atoms with E-state index in [0.29, 0.717) is 24.5 Å². The van der Waals surface area contributed by atoms with E-state index in [1.807, 2.05) is 0 Å². The monoisotopic (exact) mass is 290 g/mol. The van der Waals surface area contributed by atoms with E-state index >= 15 is 0 Å². The van der Waals surface area contributed by atoms with E-state index in [2.05, 4.69) is 18.5 Å². The van der Waals surface area contributed by atoms with Gasteiger partial charge in [-0.15, -0.1) is 13.2 Å². The Labute approximate surface area is 123 Å². The van der Waals surface area contributed by atoms with Crippen molar-refractivity contribution in [2.75, 3.05) is 25.0 Å². The van der Waals surface area contributed by atoms with Crippen LogP contribution in [0.5, 0.6) is 5.75 Å². The first-order chi connectivity index (χ1) is 10.1. The number of rotatable bonds is 8. The zero-order chi connectivity index (χ0) is 15.7. The fourth-order valence-electron chi connectivity index (χ4n) is 1.58. The van der Waals surface area contributed by atoms with Crippen molar-refractivity contribution in [1.29, 1.82) is 0 Å². The summed E-state index contributed by atoms with van der Waals surface area (Å²) in [5, 5.41) is 11.3. The van der Waals surface area contributed by atoms with Crippen LogP contribution in [0.4, 0.5) is 10.5 Å². The summed E-state index contributed by atoms with van der Waals surface area (Å²) in [4.78, 5) is 24.2. The van der Waals surface area contributed by atoms with Gasteiger partial charge in [0.15, 0.2) is 6.61 Å². The van der Waals surface area contributed by atoms with Crippen LogP contribution in [0.1, 0.15) is 0 Å². The Morgan fingerprint density at radius 2 is 1.86 bits per heavy atom. The summed E-state index contributed by atoms with van der Waals surface area (Å²) in [6, 6.07) is 6.28. The van der Waals surface area contributed by atoms with E-state index in [1.54, 1.807) is 36.4 Å². The van der Waals surface area contributed by atoms with E-state index in [4.69, 9.17) is 9.84 Å². The Hall–Kier alpha value is -2.76. The van der Waals surface area contributed by atoms with Crippen molar-refractivity contribution in [3.63, 3.8) is 0 Å². The number of anilines is 1. The number of nitrogens with one attached hydrogen (secondary N) is 1. The topological polar surface area (TPSA) is 78.9 Å². The third kappa shape index (κ3) is 5.40. The molecular weight excluding hydrogens is 272 g/mol. The van der Waals surface area contributed by atoms with Gasteiger partial charge in [0.1, 0.15) is 5.75 Å². The minimum Gasteiger partial charge on any atom is -0.480 e. The highest BCUT2D eigenvalue weighted by Crippen LogP contribution is 2.24. The highest BCUT2D eigenvalue weighted by atomic mass is 16.5. The number of ether oxygens (including phenoxy) is 1. The normalized spacial score (nSPS) is 9.52. The molecule has 6 heteroatoms. The summed E-state index contributed by atoms with van der Waals surface area (Å²) in [7, 11) is 0. The fraction of sp³-hybridized carbons (Fsp3) is 0.200. The van der Waals surface area contributed by atoms with E-state index in [9.17, 15) is 9.59 Å². The molecule has 0 unspecified atom stereocenters. The van der Waals surface area contributed by atoms with Crippen LogP contribution in [0.25, 0.3) is 0 Å². The van der Waals surface area contributed by atoms with Crippen molar-refractivity contribution < 1.29 is 19.4 Å². The molecule has 112 valence electrons. The van der Waals surface area contributed by atoms with Gasteiger partial charge in [0.2, 0.25) is 0 Å². The van der Waals surface area contributed by atoms with Gasteiger partial charge in [-0.05, 0) is 12.1 Å². The molecule has 0 fully saturated rings. The zero-order valence-corrected chi connectivity index (χ0v) is 11.6. The molecule has 6 nitrogen and oxygen atoms in total. The van der Waals surface area contributed by atoms with Crippen molar-refractivity contribution in [1.82, 2.24) is 4.90 Å². The summed E-state index contributed by atoms with van der Waals surface area (Å²) in [6.45, 7) is 7.45. The number of carbonyl (C=O) groups excluding carboxylic acids is 1. The van der Waals surface area contributed by atoms with E-state index in [1.165, 1.54) is 4.90 Å². The number of hydrogen-bond acceptors (Lipinski definition) is 3. The second kappa shape index (κ2) is 8.42. The minimum atomic E-state index is -1.09. The quantitative estimate of drug-likeness (QED) is 0.720. The maximum Gasteiger partial charge on any atom is 0.341 e. The predicted molar refractivity (Wildman–Crippen MR) is 80.6 cm³/mol. The summed E-state index contributed by atoms with van der Waals surface area (Å²) < 4.78 is 5.13. The molecule has 0 bridgehead atoms. The van der Waals surface area contributed by atoms with E-state index in [0.717, 1.165) is 0 Å². The molecule has 0 atom stereocenters. The Morgan fingerprint density at radius 1 is 1.24 bits per heavy atom. The molecule has 0 spiro atoms. The molecule has 0 aliphatic rings. The molecule has 0 aromatic heterocycles. The van der Waals surface area contributed by atoms with Gasteiger partial charge in [-0.1, -0.05) is 24.3 Å². The first-order valence-corrected chi connectivity index (χ1v) is 6.29. The fourth-order valence-corrected chi connectivity index (χ4v) is 1.58. The number of carbonyl (C=O) groups is 2. The SMILES string of the molecule is C=CCN(CC=C)C(=O)Nc1ccccc1OCC(=O)O. The third-order valence-corrected chi connectivity index (χ3v) is 2.47. The average Bonchev–Trinajstić information content (AvgIpc) is 2.46. The van der Waals surface area contributed by atoms with Crippen LogP contribution in [0.3, 0.4) is 0 Å². The lowest BCUT2D eigenvalue weighted by molar-refractivity contribution is -0.139. The molecule has 2 N–H and O–H groups in total. The Morgan fingerprint density at radius 3 is 2.43 bits per heavy atom. The molecular formula is C15H18N2O4. The van der Waals surface area contributed by atoms with Gasteiger partial charge in [0.05, 0.1) is 5.69 Å². The highest BCUT2D eigenvalue weighted by Gasteiger charge is 2.13. The lowest BCUT2D eigenvalue weighted by Gasteiger charge is -2.20. The van der Waals surface area contributed by atoms with Crippen LogP contribution in [-0.2, 0) is 4.79 Å². The van der Waals surface area contributed by atoms with Gasteiger partial charge >= 0.3 is 12.0 Å². The van der Waals surface area contributed by atoms with Crippen molar-refractivity contribution in [2.24, 2.45) is 0 Å². The Kier molecular flexibility index (Phi) is 6.53. The van der Waals surface area contributed by atoms with Gasteiger partial charge < -0.3 is 20.1 Å². The van der Waals surface area contributed by atoms with Crippen LogP contribution in [0, 0.1) is 0 Å². The van der Waals surface area contributed by atoms with Crippen LogP contribution in [0.2, 0.25) is 0 Å². The Balaban J connectivity index is 2.80. The predicted octanol–water partition coefficient (Wildman–Crippen LogP) is 2.36. The molecule has 0 aliphatic carbocycles. The van der Waals surface area contributed by atoms with Crippen molar-refractivity contribution in [3.8, 4) is 5.75 Å².